The topological polar surface area (TPSA) is 105 Å². The van der Waals surface area contributed by atoms with Gasteiger partial charge in [0.1, 0.15) is 18.1 Å². The second-order valence-electron chi connectivity index (χ2n) is 12.9. The Morgan fingerprint density at radius 1 is 1.24 bits per heavy atom. The third-order valence-electron chi connectivity index (χ3n) is 9.70. The fourth-order valence-electron chi connectivity index (χ4n) is 6.69. The number of Topliss-reactive ketones (excluding diaryl/α,β-unsaturated/α-hetero) is 1. The Hall–Kier alpha value is -3.17. The number of nitrogens with one attached hydrogen (secondary N) is 1. The number of ketones is 1. The number of aliphatic hydroxyl groups is 1. The Morgan fingerprint density at radius 2 is 2.05 bits per heavy atom. The molecule has 8 nitrogen and oxygen atoms in total. The van der Waals surface area contributed by atoms with E-state index in [0.717, 1.165) is 61.3 Å². The molecular weight excluding hydrogens is 536 g/mol. The lowest BCUT2D eigenvalue weighted by Crippen LogP contribution is -2.48. The number of nitrogens with zero attached hydrogens (tertiary/aromatic N) is 1. The maximum absolute atomic E-state index is 13.7. The van der Waals surface area contributed by atoms with Crippen LogP contribution in [0.2, 0.25) is 25.2 Å². The van der Waals surface area contributed by atoms with Gasteiger partial charge in [-0.3, -0.25) is 9.59 Å². The van der Waals surface area contributed by atoms with Gasteiger partial charge in [0.05, 0.1) is 19.1 Å². The van der Waals surface area contributed by atoms with Crippen LogP contribution in [0.3, 0.4) is 0 Å². The zero-order chi connectivity index (χ0) is 28.9. The number of benzene rings is 1. The van der Waals surface area contributed by atoms with E-state index in [1.807, 2.05) is 4.90 Å². The predicted octanol–water partition coefficient (Wildman–Crippen LogP) is 4.57. The number of aryl methyl sites for hydroxylation is 1. The maximum Gasteiger partial charge on any atom is 0.342 e. The first-order valence-electron chi connectivity index (χ1n) is 15.0. The van der Waals surface area contributed by atoms with Crippen molar-refractivity contribution in [2.75, 3.05) is 13.2 Å². The number of esters is 2. The van der Waals surface area contributed by atoms with Crippen molar-refractivity contribution in [3.8, 4) is 0 Å². The minimum Gasteiger partial charge on any atom is -0.465 e. The number of rotatable bonds is 9. The first-order chi connectivity index (χ1) is 19.6. The van der Waals surface area contributed by atoms with Crippen molar-refractivity contribution in [3.63, 3.8) is 0 Å². The van der Waals surface area contributed by atoms with Gasteiger partial charge in [-0.2, -0.15) is 0 Å². The van der Waals surface area contributed by atoms with E-state index in [-0.39, 0.29) is 30.7 Å². The summed E-state index contributed by atoms with van der Waals surface area (Å²) in [5.74, 6) is 0.126. The summed E-state index contributed by atoms with van der Waals surface area (Å²) in [6, 6.07) is 8.68. The van der Waals surface area contributed by atoms with Gasteiger partial charge in [0.25, 0.3) is 0 Å². The van der Waals surface area contributed by atoms with Crippen LogP contribution in [-0.4, -0.2) is 54.6 Å². The molecule has 0 radical (unpaired) electrons. The molecule has 1 saturated carbocycles. The summed E-state index contributed by atoms with van der Waals surface area (Å²) >= 11 is 0. The highest BCUT2D eigenvalue weighted by Crippen LogP contribution is 2.44. The quantitative estimate of drug-likeness (QED) is 0.250. The maximum atomic E-state index is 13.7. The van der Waals surface area contributed by atoms with E-state index in [0.29, 0.717) is 36.4 Å². The molecule has 3 aliphatic heterocycles. The molecule has 218 valence electrons. The van der Waals surface area contributed by atoms with Crippen LogP contribution < -0.4 is 5.32 Å². The van der Waals surface area contributed by atoms with Crippen LogP contribution in [0.4, 0.5) is 0 Å². The average molecular weight is 577 g/mol. The number of carbonyl (C=O) groups is 3. The van der Waals surface area contributed by atoms with Crippen LogP contribution in [0.1, 0.15) is 62.1 Å². The van der Waals surface area contributed by atoms with Crippen LogP contribution in [0.15, 0.2) is 46.6 Å². The summed E-state index contributed by atoms with van der Waals surface area (Å²) < 4.78 is 10.8. The lowest BCUT2D eigenvalue weighted by atomic mass is 9.78. The van der Waals surface area contributed by atoms with E-state index >= 15 is 0 Å². The highest BCUT2D eigenvalue weighted by molar-refractivity contribution is 6.77. The Balaban J connectivity index is 1.13. The minimum absolute atomic E-state index is 0.0109. The fourth-order valence-corrected chi connectivity index (χ4v) is 8.98. The monoisotopic (exact) mass is 576 g/mol. The fraction of sp³-hybridized carbons (Fsp3) is 0.531. The van der Waals surface area contributed by atoms with E-state index in [9.17, 15) is 19.5 Å². The Kier molecular flexibility index (Phi) is 7.22. The second kappa shape index (κ2) is 10.6. The van der Waals surface area contributed by atoms with E-state index in [1.54, 1.807) is 6.92 Å². The van der Waals surface area contributed by atoms with E-state index < -0.39 is 19.6 Å². The van der Waals surface area contributed by atoms with Crippen molar-refractivity contribution >= 4 is 31.9 Å². The van der Waals surface area contributed by atoms with Gasteiger partial charge in [-0.15, -0.1) is 0 Å². The second-order valence-corrected chi connectivity index (χ2v) is 18.2. The molecule has 2 N–H and O–H groups in total. The van der Waals surface area contributed by atoms with Crippen LogP contribution in [0.5, 0.6) is 0 Å². The van der Waals surface area contributed by atoms with Gasteiger partial charge in [-0.05, 0) is 60.4 Å². The van der Waals surface area contributed by atoms with Crippen molar-refractivity contribution in [1.82, 2.24) is 10.2 Å². The number of hydrogen-bond donors (Lipinski definition) is 2. The van der Waals surface area contributed by atoms with Crippen molar-refractivity contribution in [3.05, 3.63) is 63.3 Å². The Morgan fingerprint density at radius 3 is 2.78 bits per heavy atom. The summed E-state index contributed by atoms with van der Waals surface area (Å²) in [4.78, 5) is 40.2. The Bertz CT molecular complexity index is 1400. The molecule has 0 saturated heterocycles. The van der Waals surface area contributed by atoms with Crippen LogP contribution in [-0.2, 0) is 36.8 Å². The van der Waals surface area contributed by atoms with Gasteiger partial charge < -0.3 is 24.8 Å². The van der Waals surface area contributed by atoms with Gasteiger partial charge in [0.15, 0.2) is 5.60 Å². The SMILES string of the molecule is CCC1(O)C(=O)OCC2=C1CC1=C(C2=O)N2Cc3c(cccc3CC[Si](C)(C)CCCOC(=O)C3CCC3)C=C2N1. The first-order valence-corrected chi connectivity index (χ1v) is 18.5. The highest BCUT2D eigenvalue weighted by Gasteiger charge is 2.51. The van der Waals surface area contributed by atoms with Crippen molar-refractivity contribution in [2.24, 2.45) is 5.92 Å². The average Bonchev–Trinajstić information content (AvgIpc) is 3.27. The van der Waals surface area contributed by atoms with Gasteiger partial charge >= 0.3 is 11.9 Å². The molecule has 1 fully saturated rings. The third-order valence-corrected chi connectivity index (χ3v) is 13.0. The molecule has 0 aromatic heterocycles. The van der Waals surface area contributed by atoms with Gasteiger partial charge in [0.2, 0.25) is 5.78 Å². The molecule has 9 heteroatoms. The number of ether oxygens (including phenoxy) is 2. The lowest BCUT2D eigenvalue weighted by molar-refractivity contribution is -0.163. The molecule has 5 aliphatic rings. The van der Waals surface area contributed by atoms with E-state index in [4.69, 9.17) is 9.47 Å². The number of cyclic esters (lactones) is 1. The first kappa shape index (κ1) is 28.0. The summed E-state index contributed by atoms with van der Waals surface area (Å²) in [6.07, 6.45) is 7.58. The number of carbonyl (C=O) groups excluding carboxylic acids is 3. The van der Waals surface area contributed by atoms with Crippen molar-refractivity contribution in [2.45, 2.75) is 89.2 Å². The van der Waals surface area contributed by atoms with Gasteiger partial charge in [-0.25, -0.2) is 4.79 Å². The smallest absolute Gasteiger partial charge is 0.342 e. The van der Waals surface area contributed by atoms with E-state index in [2.05, 4.69) is 42.7 Å². The number of fused-ring (bicyclic) bond motifs is 3. The van der Waals surface area contributed by atoms with Gasteiger partial charge in [-0.1, -0.05) is 56.7 Å². The molecule has 3 heterocycles. The molecule has 1 atom stereocenters. The molecule has 0 bridgehead atoms. The van der Waals surface area contributed by atoms with Crippen LogP contribution in [0, 0.1) is 5.92 Å². The predicted molar refractivity (Wildman–Crippen MR) is 157 cm³/mol. The van der Waals surface area contributed by atoms with Gasteiger partial charge in [0, 0.05) is 25.8 Å². The largest absolute Gasteiger partial charge is 0.465 e. The molecular formula is C32H40N2O6Si. The summed E-state index contributed by atoms with van der Waals surface area (Å²) in [5, 5.41) is 14.5. The van der Waals surface area contributed by atoms with E-state index in [1.165, 1.54) is 11.1 Å². The normalized spacial score (nSPS) is 23.6. The third kappa shape index (κ3) is 4.97. The zero-order valence-electron chi connectivity index (χ0n) is 24.3. The molecule has 1 aromatic carbocycles. The van der Waals surface area contributed by atoms with Crippen molar-refractivity contribution < 1.29 is 29.0 Å². The number of hydrogen-bond acceptors (Lipinski definition) is 8. The van der Waals surface area contributed by atoms with Crippen LogP contribution in [0.25, 0.3) is 6.08 Å². The van der Waals surface area contributed by atoms with Crippen LogP contribution >= 0.6 is 0 Å². The molecule has 1 aromatic rings. The molecule has 6 rings (SSSR count). The molecule has 2 aliphatic carbocycles. The van der Waals surface area contributed by atoms with Crippen molar-refractivity contribution in [1.29, 1.82) is 0 Å². The Labute approximate surface area is 242 Å². The molecule has 0 spiro atoms. The molecule has 41 heavy (non-hydrogen) atoms. The lowest BCUT2D eigenvalue weighted by Gasteiger charge is -2.36. The standard InChI is InChI=1S/C32H40N2O6Si/c1-4-32(38)25-17-26-28(29(35)24(25)19-40-31(32)37)34-18-23-20(8-5-11-22(23)16-27(34)33-26)12-15-41(2,3)14-7-13-39-30(36)21-9-6-10-21/h5,8,11,16,21,33,38H,4,6-7,9-10,12-15,17-19H2,1-3H3. The highest BCUT2D eigenvalue weighted by atomic mass is 28.3. The summed E-state index contributed by atoms with van der Waals surface area (Å²) in [7, 11) is -1.50. The minimum atomic E-state index is -1.76. The summed E-state index contributed by atoms with van der Waals surface area (Å²) in [6.45, 7) is 7.58. The number of allylic oxidation sites excluding steroid dienone is 2. The summed E-state index contributed by atoms with van der Waals surface area (Å²) in [5.41, 5.74) is 4.14. The molecule has 1 unspecified atom stereocenters. The molecule has 0 amide bonds. The zero-order valence-corrected chi connectivity index (χ0v) is 25.3.